The van der Waals surface area contributed by atoms with Gasteiger partial charge in [0.15, 0.2) is 0 Å². The molecular weight excluding hydrogens is 336 g/mol. The molecule has 0 aliphatic carbocycles. The van der Waals surface area contributed by atoms with Crippen molar-refractivity contribution in [3.8, 4) is 5.75 Å². The zero-order valence-corrected chi connectivity index (χ0v) is 14.6. The van der Waals surface area contributed by atoms with Crippen molar-refractivity contribution in [3.63, 3.8) is 0 Å². The first-order valence-electron chi connectivity index (χ1n) is 8.50. The van der Waals surface area contributed by atoms with Gasteiger partial charge in [0, 0.05) is 0 Å². The number of esters is 1. The van der Waals surface area contributed by atoms with Crippen molar-refractivity contribution in [1.82, 2.24) is 0 Å². The number of rotatable bonds is 5. The summed E-state index contributed by atoms with van der Waals surface area (Å²) in [5, 5.41) is 11.6. The molecule has 2 aromatic rings. The van der Waals surface area contributed by atoms with Crippen LogP contribution in [0.15, 0.2) is 48.7 Å². The minimum absolute atomic E-state index is 0.234. The third-order valence-electron chi connectivity index (χ3n) is 5.06. The van der Waals surface area contributed by atoms with Gasteiger partial charge in [-0.3, -0.25) is 0 Å². The predicted molar refractivity (Wildman–Crippen MR) is 93.4 cm³/mol. The molecule has 4 rings (SSSR count). The molecule has 0 bridgehead atoms. The van der Waals surface area contributed by atoms with E-state index in [0.29, 0.717) is 5.56 Å². The molecule has 0 aromatic heterocycles. The lowest BCUT2D eigenvalue weighted by atomic mass is 9.70. The van der Waals surface area contributed by atoms with Gasteiger partial charge in [0.25, 0.3) is 0 Å². The molecule has 2 aromatic carbocycles. The number of hydrogen-bond donors (Lipinski definition) is 1. The van der Waals surface area contributed by atoms with Gasteiger partial charge in [-0.05, 0) is 47.5 Å². The third kappa shape index (κ3) is 2.15. The second-order valence-electron chi connectivity index (χ2n) is 6.38. The SMILES string of the molecule is CCOC(=O)[C@@]1(c2ccc3cc(OC)ccc3c2)O[C@]2(CO)OC=C[C@@H]21. The fourth-order valence-corrected chi connectivity index (χ4v) is 3.78. The Morgan fingerprint density at radius 1 is 1.23 bits per heavy atom. The van der Waals surface area contributed by atoms with E-state index >= 15 is 0 Å². The first-order valence-corrected chi connectivity index (χ1v) is 8.50. The maximum atomic E-state index is 12.8. The van der Waals surface area contributed by atoms with Gasteiger partial charge >= 0.3 is 5.97 Å². The molecule has 1 saturated heterocycles. The number of aliphatic hydroxyl groups is 1. The van der Waals surface area contributed by atoms with Crippen LogP contribution in [0.1, 0.15) is 12.5 Å². The molecule has 0 amide bonds. The van der Waals surface area contributed by atoms with Crippen molar-refractivity contribution in [2.45, 2.75) is 18.3 Å². The maximum absolute atomic E-state index is 12.8. The highest BCUT2D eigenvalue weighted by atomic mass is 16.8. The quantitative estimate of drug-likeness (QED) is 0.830. The number of carbonyl (C=O) groups is 1. The van der Waals surface area contributed by atoms with Crippen LogP contribution in [0.2, 0.25) is 0 Å². The molecule has 1 N–H and O–H groups in total. The molecule has 2 heterocycles. The Kier molecular flexibility index (Phi) is 3.89. The summed E-state index contributed by atoms with van der Waals surface area (Å²) in [6.45, 7) is 1.63. The lowest BCUT2D eigenvalue weighted by Crippen LogP contribution is -2.70. The summed E-state index contributed by atoms with van der Waals surface area (Å²) < 4.78 is 21.9. The van der Waals surface area contributed by atoms with Crippen molar-refractivity contribution in [2.75, 3.05) is 20.3 Å². The van der Waals surface area contributed by atoms with Gasteiger partial charge in [-0.15, -0.1) is 0 Å². The van der Waals surface area contributed by atoms with Gasteiger partial charge in [-0.1, -0.05) is 18.2 Å². The molecule has 0 saturated carbocycles. The summed E-state index contributed by atoms with van der Waals surface area (Å²) in [7, 11) is 1.62. The Bertz CT molecular complexity index is 891. The van der Waals surface area contributed by atoms with Crippen LogP contribution < -0.4 is 4.74 Å². The highest BCUT2D eigenvalue weighted by molar-refractivity contribution is 5.89. The molecule has 2 aliphatic heterocycles. The van der Waals surface area contributed by atoms with E-state index in [-0.39, 0.29) is 13.2 Å². The molecular formula is C20H20O6. The molecule has 6 nitrogen and oxygen atoms in total. The number of fused-ring (bicyclic) bond motifs is 2. The topological polar surface area (TPSA) is 74.2 Å². The van der Waals surface area contributed by atoms with Gasteiger partial charge in [-0.25, -0.2) is 4.79 Å². The van der Waals surface area contributed by atoms with E-state index in [9.17, 15) is 9.90 Å². The van der Waals surface area contributed by atoms with Gasteiger partial charge < -0.3 is 24.1 Å². The largest absolute Gasteiger partial charge is 0.497 e. The summed E-state index contributed by atoms with van der Waals surface area (Å²) in [5.41, 5.74) is -0.669. The van der Waals surface area contributed by atoms with Crippen molar-refractivity contribution in [2.24, 2.45) is 5.92 Å². The number of ether oxygens (including phenoxy) is 4. The summed E-state index contributed by atoms with van der Waals surface area (Å²) in [5.74, 6) is -1.41. The molecule has 26 heavy (non-hydrogen) atoms. The van der Waals surface area contributed by atoms with Crippen molar-refractivity contribution < 1.29 is 28.8 Å². The zero-order chi connectivity index (χ0) is 18.4. The third-order valence-corrected chi connectivity index (χ3v) is 5.06. The Morgan fingerprint density at radius 3 is 2.73 bits per heavy atom. The number of hydrogen-bond acceptors (Lipinski definition) is 6. The number of methoxy groups -OCH3 is 1. The second kappa shape index (κ2) is 6.00. The van der Waals surface area contributed by atoms with Crippen LogP contribution in [0.5, 0.6) is 5.75 Å². The molecule has 0 radical (unpaired) electrons. The van der Waals surface area contributed by atoms with Crippen LogP contribution in [-0.4, -0.2) is 37.2 Å². The Balaban J connectivity index is 1.82. The normalized spacial score (nSPS) is 29.0. The lowest BCUT2D eigenvalue weighted by molar-refractivity contribution is -0.394. The minimum Gasteiger partial charge on any atom is -0.497 e. The van der Waals surface area contributed by atoms with E-state index in [2.05, 4.69) is 0 Å². The molecule has 3 atom stereocenters. The average molecular weight is 356 g/mol. The summed E-state index contributed by atoms with van der Waals surface area (Å²) in [4.78, 5) is 12.8. The van der Waals surface area contributed by atoms with Gasteiger partial charge in [-0.2, -0.15) is 0 Å². The number of aliphatic hydroxyl groups excluding tert-OH is 1. The van der Waals surface area contributed by atoms with E-state index in [1.54, 1.807) is 20.1 Å². The molecule has 0 unspecified atom stereocenters. The van der Waals surface area contributed by atoms with Crippen LogP contribution >= 0.6 is 0 Å². The monoisotopic (exact) mass is 356 g/mol. The van der Waals surface area contributed by atoms with Crippen molar-refractivity contribution in [1.29, 1.82) is 0 Å². The Labute approximate surface area is 150 Å². The van der Waals surface area contributed by atoms with Crippen molar-refractivity contribution >= 4 is 16.7 Å². The molecule has 136 valence electrons. The molecule has 1 fully saturated rings. The smallest absolute Gasteiger partial charge is 0.344 e. The van der Waals surface area contributed by atoms with Gasteiger partial charge in [0.05, 0.1) is 25.9 Å². The molecule has 6 heteroatoms. The minimum atomic E-state index is -1.33. The number of carbonyl (C=O) groups excluding carboxylic acids is 1. The van der Waals surface area contributed by atoms with E-state index in [1.807, 2.05) is 36.4 Å². The molecule has 2 aliphatic rings. The first-order chi connectivity index (χ1) is 12.6. The van der Waals surface area contributed by atoms with Gasteiger partial charge in [0.2, 0.25) is 11.4 Å². The van der Waals surface area contributed by atoms with Crippen LogP contribution in [0.4, 0.5) is 0 Å². The van der Waals surface area contributed by atoms with E-state index in [4.69, 9.17) is 18.9 Å². The van der Waals surface area contributed by atoms with E-state index in [1.165, 1.54) is 6.26 Å². The Hall–Kier alpha value is -2.57. The van der Waals surface area contributed by atoms with E-state index in [0.717, 1.165) is 16.5 Å². The van der Waals surface area contributed by atoms with Crippen LogP contribution in [0.25, 0.3) is 10.8 Å². The van der Waals surface area contributed by atoms with Crippen LogP contribution in [-0.2, 0) is 24.6 Å². The summed E-state index contributed by atoms with van der Waals surface area (Å²) in [6.07, 6.45) is 3.21. The first kappa shape index (κ1) is 16.9. The van der Waals surface area contributed by atoms with E-state index < -0.39 is 23.3 Å². The van der Waals surface area contributed by atoms with Crippen LogP contribution in [0.3, 0.4) is 0 Å². The zero-order valence-electron chi connectivity index (χ0n) is 14.6. The Morgan fingerprint density at radius 2 is 2.00 bits per heavy atom. The molecule has 0 spiro atoms. The average Bonchev–Trinajstić information content (AvgIpc) is 3.00. The lowest BCUT2D eigenvalue weighted by Gasteiger charge is -2.55. The van der Waals surface area contributed by atoms with Gasteiger partial charge in [0.1, 0.15) is 12.4 Å². The fraction of sp³-hybridized carbons (Fsp3) is 0.350. The summed E-state index contributed by atoms with van der Waals surface area (Å²) >= 11 is 0. The maximum Gasteiger partial charge on any atom is 0.344 e. The predicted octanol–water partition coefficient (Wildman–Crippen LogP) is 2.49. The summed E-state index contributed by atoms with van der Waals surface area (Å²) in [6, 6.07) is 11.4. The second-order valence-corrected chi connectivity index (χ2v) is 6.38. The van der Waals surface area contributed by atoms with Crippen LogP contribution in [0, 0.1) is 5.92 Å². The fourth-order valence-electron chi connectivity index (χ4n) is 3.78. The highest BCUT2D eigenvalue weighted by Gasteiger charge is 2.73. The highest BCUT2D eigenvalue weighted by Crippen LogP contribution is 2.58. The standard InChI is InChI=1S/C20H20O6/c1-3-24-18(22)20(17-8-9-25-19(17,12-21)26-20)15-6-4-14-11-16(23-2)7-5-13(14)10-15/h4-11,17,21H,3,12H2,1-2H3/t17-,19-,20-/m0/s1. The number of benzene rings is 2. The van der Waals surface area contributed by atoms with Crippen molar-refractivity contribution in [3.05, 3.63) is 54.3 Å².